The Balaban J connectivity index is 2.29. The molecular formula is C14H13N5O. The van der Waals surface area contributed by atoms with E-state index in [-0.39, 0.29) is 0 Å². The monoisotopic (exact) mass is 267 g/mol. The molecule has 3 aromatic rings. The van der Waals surface area contributed by atoms with Crippen LogP contribution in [0.15, 0.2) is 42.9 Å². The third-order valence-electron chi connectivity index (χ3n) is 3.14. The van der Waals surface area contributed by atoms with E-state index in [0.717, 1.165) is 22.2 Å². The average Bonchev–Trinajstić information content (AvgIpc) is 2.95. The standard InChI is InChI=1S/C14H13N5O/c15-5-9-6-17-12-4-2-1-3-11(12)13(9)19-8-10(7-18-19)14(16)20/h1-4,6-8H,5,15H2,(H2,16,20). The number of rotatable bonds is 3. The van der Waals surface area contributed by atoms with E-state index in [2.05, 4.69) is 10.1 Å². The Labute approximate surface area is 115 Å². The van der Waals surface area contributed by atoms with Crippen LogP contribution in [-0.2, 0) is 6.54 Å². The number of nitrogens with two attached hydrogens (primary N) is 2. The number of amides is 1. The summed E-state index contributed by atoms with van der Waals surface area (Å²) in [5.74, 6) is -0.510. The minimum absolute atomic E-state index is 0.332. The van der Waals surface area contributed by atoms with Crippen LogP contribution in [0.5, 0.6) is 0 Å². The highest BCUT2D eigenvalue weighted by Gasteiger charge is 2.12. The van der Waals surface area contributed by atoms with Crippen LogP contribution in [-0.4, -0.2) is 20.7 Å². The number of carbonyl (C=O) groups excluding carboxylic acids is 1. The van der Waals surface area contributed by atoms with Gasteiger partial charge < -0.3 is 11.5 Å². The van der Waals surface area contributed by atoms with Crippen LogP contribution in [0.3, 0.4) is 0 Å². The van der Waals surface area contributed by atoms with E-state index in [1.54, 1.807) is 17.1 Å². The van der Waals surface area contributed by atoms with Gasteiger partial charge in [0.2, 0.25) is 0 Å². The van der Waals surface area contributed by atoms with Gasteiger partial charge in [-0.1, -0.05) is 18.2 Å². The van der Waals surface area contributed by atoms with Gasteiger partial charge in [0.25, 0.3) is 5.91 Å². The molecule has 2 heterocycles. The van der Waals surface area contributed by atoms with E-state index in [1.165, 1.54) is 6.20 Å². The first-order valence-electron chi connectivity index (χ1n) is 6.12. The molecule has 0 unspecified atom stereocenters. The Morgan fingerprint density at radius 2 is 2.05 bits per heavy atom. The molecule has 3 rings (SSSR count). The maximum atomic E-state index is 11.2. The van der Waals surface area contributed by atoms with E-state index in [4.69, 9.17) is 11.5 Å². The number of fused-ring (bicyclic) bond motifs is 1. The van der Waals surface area contributed by atoms with E-state index >= 15 is 0 Å². The van der Waals surface area contributed by atoms with Gasteiger partial charge in [-0.3, -0.25) is 9.78 Å². The number of benzene rings is 1. The highest BCUT2D eigenvalue weighted by atomic mass is 16.1. The number of para-hydroxylation sites is 1. The van der Waals surface area contributed by atoms with E-state index in [0.29, 0.717) is 12.1 Å². The lowest BCUT2D eigenvalue weighted by atomic mass is 10.1. The molecule has 0 aliphatic heterocycles. The van der Waals surface area contributed by atoms with E-state index < -0.39 is 5.91 Å². The highest BCUT2D eigenvalue weighted by molar-refractivity contribution is 5.93. The number of primary amides is 1. The average molecular weight is 267 g/mol. The second-order valence-corrected chi connectivity index (χ2v) is 4.39. The fourth-order valence-electron chi connectivity index (χ4n) is 2.16. The first kappa shape index (κ1) is 12.3. The van der Waals surface area contributed by atoms with Crippen molar-refractivity contribution in [1.29, 1.82) is 0 Å². The van der Waals surface area contributed by atoms with Gasteiger partial charge in [-0.25, -0.2) is 4.68 Å². The molecule has 4 N–H and O–H groups in total. The van der Waals surface area contributed by atoms with E-state index in [9.17, 15) is 4.79 Å². The number of hydrogen-bond acceptors (Lipinski definition) is 4. The Morgan fingerprint density at radius 3 is 2.75 bits per heavy atom. The van der Waals surface area contributed by atoms with Gasteiger partial charge in [-0.15, -0.1) is 0 Å². The molecule has 0 radical (unpaired) electrons. The molecule has 0 aliphatic carbocycles. The molecule has 1 amide bonds. The first-order valence-corrected chi connectivity index (χ1v) is 6.12. The zero-order chi connectivity index (χ0) is 14.1. The second kappa shape index (κ2) is 4.75. The van der Waals surface area contributed by atoms with Crippen LogP contribution in [0.4, 0.5) is 0 Å². The summed E-state index contributed by atoms with van der Waals surface area (Å²) in [6.07, 6.45) is 4.77. The molecule has 0 fully saturated rings. The normalized spacial score (nSPS) is 10.8. The fourth-order valence-corrected chi connectivity index (χ4v) is 2.16. The van der Waals surface area contributed by atoms with Gasteiger partial charge in [-0.05, 0) is 6.07 Å². The van der Waals surface area contributed by atoms with Gasteiger partial charge in [0.1, 0.15) is 0 Å². The SMILES string of the molecule is NCc1cnc2ccccc2c1-n1cc(C(N)=O)cn1. The van der Waals surface area contributed by atoms with Crippen molar-refractivity contribution in [3.05, 3.63) is 54.0 Å². The molecule has 0 saturated carbocycles. The number of carbonyl (C=O) groups is 1. The van der Waals surface area contributed by atoms with Crippen LogP contribution in [0.2, 0.25) is 0 Å². The third-order valence-corrected chi connectivity index (χ3v) is 3.14. The van der Waals surface area contributed by atoms with Crippen LogP contribution in [0.25, 0.3) is 16.6 Å². The molecule has 2 aromatic heterocycles. The van der Waals surface area contributed by atoms with Gasteiger partial charge in [0.05, 0.1) is 23.0 Å². The van der Waals surface area contributed by atoms with Gasteiger partial charge in [0.15, 0.2) is 0 Å². The third kappa shape index (κ3) is 1.92. The summed E-state index contributed by atoms with van der Waals surface area (Å²) in [5.41, 5.74) is 13.9. The van der Waals surface area contributed by atoms with Crippen molar-refractivity contribution >= 4 is 16.8 Å². The van der Waals surface area contributed by atoms with Gasteiger partial charge >= 0.3 is 0 Å². The molecule has 0 aliphatic rings. The number of nitrogens with zero attached hydrogens (tertiary/aromatic N) is 3. The maximum absolute atomic E-state index is 11.2. The lowest BCUT2D eigenvalue weighted by Gasteiger charge is -2.11. The summed E-state index contributed by atoms with van der Waals surface area (Å²) >= 11 is 0. The van der Waals surface area contributed by atoms with Crippen LogP contribution < -0.4 is 11.5 Å². The molecular weight excluding hydrogens is 254 g/mol. The number of aromatic nitrogens is 3. The molecule has 20 heavy (non-hydrogen) atoms. The Kier molecular flexibility index (Phi) is 2.92. The first-order chi connectivity index (χ1) is 9.70. The largest absolute Gasteiger partial charge is 0.366 e. The van der Waals surface area contributed by atoms with Crippen LogP contribution in [0, 0.1) is 0 Å². The summed E-state index contributed by atoms with van der Waals surface area (Å²) < 4.78 is 1.62. The van der Waals surface area contributed by atoms with Crippen molar-refractivity contribution in [1.82, 2.24) is 14.8 Å². The van der Waals surface area contributed by atoms with Gasteiger partial charge in [-0.2, -0.15) is 5.10 Å². The molecule has 1 aromatic carbocycles. The topological polar surface area (TPSA) is 99.8 Å². The quantitative estimate of drug-likeness (QED) is 0.738. The molecule has 0 spiro atoms. The van der Waals surface area contributed by atoms with Crippen molar-refractivity contribution in [3.63, 3.8) is 0 Å². The summed E-state index contributed by atoms with van der Waals surface area (Å²) in [6.45, 7) is 0.332. The molecule has 0 bridgehead atoms. The Bertz CT molecular complexity index is 793. The summed E-state index contributed by atoms with van der Waals surface area (Å²) in [7, 11) is 0. The molecule has 6 heteroatoms. The van der Waals surface area contributed by atoms with Gasteiger partial charge in [0, 0.05) is 29.9 Å². The summed E-state index contributed by atoms with van der Waals surface area (Å²) in [5, 5.41) is 5.12. The molecule has 0 saturated heterocycles. The zero-order valence-corrected chi connectivity index (χ0v) is 10.7. The summed E-state index contributed by atoms with van der Waals surface area (Å²) in [6, 6.07) is 7.70. The minimum atomic E-state index is -0.510. The molecule has 6 nitrogen and oxygen atoms in total. The fraction of sp³-hybridized carbons (Fsp3) is 0.0714. The van der Waals surface area contributed by atoms with Crippen molar-refractivity contribution in [2.45, 2.75) is 6.54 Å². The Hall–Kier alpha value is -2.73. The molecule has 100 valence electrons. The molecule has 0 atom stereocenters. The smallest absolute Gasteiger partial charge is 0.251 e. The number of hydrogen-bond donors (Lipinski definition) is 2. The zero-order valence-electron chi connectivity index (χ0n) is 10.7. The van der Waals surface area contributed by atoms with Crippen LogP contribution >= 0.6 is 0 Å². The highest BCUT2D eigenvalue weighted by Crippen LogP contribution is 2.24. The van der Waals surface area contributed by atoms with Crippen molar-refractivity contribution < 1.29 is 4.79 Å². The second-order valence-electron chi connectivity index (χ2n) is 4.39. The predicted molar refractivity (Wildman–Crippen MR) is 75.3 cm³/mol. The number of pyridine rings is 1. The lowest BCUT2D eigenvalue weighted by Crippen LogP contribution is -2.10. The maximum Gasteiger partial charge on any atom is 0.251 e. The van der Waals surface area contributed by atoms with Crippen molar-refractivity contribution in [3.8, 4) is 5.69 Å². The van der Waals surface area contributed by atoms with E-state index in [1.807, 2.05) is 24.3 Å². The van der Waals surface area contributed by atoms with Crippen LogP contribution in [0.1, 0.15) is 15.9 Å². The van der Waals surface area contributed by atoms with Crippen molar-refractivity contribution in [2.75, 3.05) is 0 Å². The summed E-state index contributed by atoms with van der Waals surface area (Å²) in [4.78, 5) is 15.6. The minimum Gasteiger partial charge on any atom is -0.366 e. The lowest BCUT2D eigenvalue weighted by molar-refractivity contribution is 0.100. The van der Waals surface area contributed by atoms with Crippen molar-refractivity contribution in [2.24, 2.45) is 11.5 Å². The Morgan fingerprint density at radius 1 is 1.25 bits per heavy atom. The predicted octanol–water partition coefficient (Wildman–Crippen LogP) is 0.978.